The fourth-order valence-electron chi connectivity index (χ4n) is 2.81. The van der Waals surface area contributed by atoms with Crippen LogP contribution in [0.4, 0.5) is 0 Å². The lowest BCUT2D eigenvalue weighted by Gasteiger charge is -2.31. The molecule has 0 spiro atoms. The van der Waals surface area contributed by atoms with Crippen LogP contribution in [0.3, 0.4) is 0 Å². The summed E-state index contributed by atoms with van der Waals surface area (Å²) in [5, 5.41) is 17.1. The summed E-state index contributed by atoms with van der Waals surface area (Å²) in [6.45, 7) is 2.26. The predicted octanol–water partition coefficient (Wildman–Crippen LogP) is 1.93. The van der Waals surface area contributed by atoms with Crippen molar-refractivity contribution in [1.82, 2.24) is 15.1 Å². The quantitative estimate of drug-likeness (QED) is 0.898. The van der Waals surface area contributed by atoms with Crippen LogP contribution < -0.4 is 5.76 Å². The van der Waals surface area contributed by atoms with Crippen LogP contribution in [0, 0.1) is 0 Å². The summed E-state index contributed by atoms with van der Waals surface area (Å²) in [5.41, 5.74) is 0.866. The van der Waals surface area contributed by atoms with Gasteiger partial charge in [-0.1, -0.05) is 23.7 Å². The zero-order valence-corrected chi connectivity index (χ0v) is 12.8. The van der Waals surface area contributed by atoms with E-state index in [9.17, 15) is 9.90 Å². The molecule has 1 aromatic carbocycles. The van der Waals surface area contributed by atoms with Gasteiger partial charge in [0.25, 0.3) is 0 Å². The zero-order valence-electron chi connectivity index (χ0n) is 12.0. The minimum absolute atomic E-state index is 0.169. The molecule has 1 saturated heterocycles. The molecular weight excluding hydrogens is 306 g/mol. The number of piperidine rings is 1. The topological polar surface area (TPSA) is 82.4 Å². The molecule has 0 aliphatic carbocycles. The highest BCUT2D eigenvalue weighted by molar-refractivity contribution is 6.30. The van der Waals surface area contributed by atoms with Gasteiger partial charge in [0.1, 0.15) is 0 Å². The average Bonchev–Trinajstić information content (AvgIpc) is 2.95. The van der Waals surface area contributed by atoms with Crippen LogP contribution in [0.5, 0.6) is 0 Å². The van der Waals surface area contributed by atoms with E-state index in [0.29, 0.717) is 17.5 Å². The number of β-amino-alcohol motifs (C(OH)–C–C–N with tert-alkyl or cyclic N) is 1. The number of aromatic amines is 1. The number of aliphatic hydroxyl groups excluding tert-OH is 1. The summed E-state index contributed by atoms with van der Waals surface area (Å²) >= 11 is 5.85. The van der Waals surface area contributed by atoms with Gasteiger partial charge in [-0.25, -0.2) is 9.89 Å². The third-order valence-electron chi connectivity index (χ3n) is 4.08. The molecule has 118 valence electrons. The average molecular weight is 324 g/mol. The van der Waals surface area contributed by atoms with E-state index in [4.69, 9.17) is 16.0 Å². The fourth-order valence-corrected chi connectivity index (χ4v) is 2.94. The molecule has 22 heavy (non-hydrogen) atoms. The second kappa shape index (κ2) is 6.64. The van der Waals surface area contributed by atoms with Gasteiger partial charge in [0, 0.05) is 17.5 Å². The summed E-state index contributed by atoms with van der Waals surface area (Å²) in [6.07, 6.45) is 1.19. The molecule has 2 N–H and O–H groups in total. The van der Waals surface area contributed by atoms with Crippen LogP contribution in [0.25, 0.3) is 0 Å². The van der Waals surface area contributed by atoms with Gasteiger partial charge < -0.3 is 14.4 Å². The van der Waals surface area contributed by atoms with Crippen LogP contribution in [-0.4, -0.2) is 39.8 Å². The fraction of sp³-hybridized carbons (Fsp3) is 0.467. The lowest BCUT2D eigenvalue weighted by Crippen LogP contribution is -2.36. The van der Waals surface area contributed by atoms with Gasteiger partial charge in [0.15, 0.2) is 0 Å². The molecule has 1 atom stereocenters. The van der Waals surface area contributed by atoms with Crippen molar-refractivity contribution in [2.75, 3.05) is 19.6 Å². The molecule has 0 amide bonds. The number of H-pyrrole nitrogens is 1. The Labute approximate surface area is 132 Å². The number of hydrogen-bond acceptors (Lipinski definition) is 5. The Kier molecular flexibility index (Phi) is 4.61. The third-order valence-corrected chi connectivity index (χ3v) is 4.33. The number of nitrogens with one attached hydrogen (secondary N) is 1. The van der Waals surface area contributed by atoms with Crippen molar-refractivity contribution in [3.63, 3.8) is 0 Å². The maximum absolute atomic E-state index is 11.0. The summed E-state index contributed by atoms with van der Waals surface area (Å²) in [7, 11) is 0. The number of aliphatic hydroxyl groups is 1. The van der Waals surface area contributed by atoms with Crippen LogP contribution in [0.2, 0.25) is 5.02 Å². The van der Waals surface area contributed by atoms with Crippen molar-refractivity contribution in [3.05, 3.63) is 51.3 Å². The van der Waals surface area contributed by atoms with Gasteiger partial charge >= 0.3 is 5.76 Å². The molecule has 0 radical (unpaired) electrons. The first kappa shape index (κ1) is 15.3. The summed E-state index contributed by atoms with van der Waals surface area (Å²) < 4.78 is 5.02. The molecule has 0 saturated carbocycles. The minimum Gasteiger partial charge on any atom is -0.392 e. The summed E-state index contributed by atoms with van der Waals surface area (Å²) in [6, 6.07) is 7.26. The highest BCUT2D eigenvalue weighted by Gasteiger charge is 2.25. The van der Waals surface area contributed by atoms with Gasteiger partial charge in [-0.2, -0.15) is 0 Å². The molecule has 7 heteroatoms. The molecule has 1 aliphatic heterocycles. The first-order valence-electron chi connectivity index (χ1n) is 7.33. The molecule has 1 aromatic heterocycles. The molecule has 1 aliphatic rings. The highest BCUT2D eigenvalue weighted by atomic mass is 35.5. The first-order chi connectivity index (χ1) is 10.6. The second-order valence-electron chi connectivity index (χ2n) is 5.59. The van der Waals surface area contributed by atoms with Crippen molar-refractivity contribution in [2.45, 2.75) is 24.9 Å². The van der Waals surface area contributed by atoms with E-state index in [0.717, 1.165) is 31.5 Å². The molecule has 2 heterocycles. The normalized spacial score (nSPS) is 18.5. The Balaban J connectivity index is 1.53. The molecule has 0 unspecified atom stereocenters. The van der Waals surface area contributed by atoms with E-state index in [-0.39, 0.29) is 5.92 Å². The van der Waals surface area contributed by atoms with Gasteiger partial charge in [0.05, 0.1) is 6.10 Å². The number of hydrogen-bond donors (Lipinski definition) is 2. The van der Waals surface area contributed by atoms with Crippen molar-refractivity contribution >= 4 is 11.6 Å². The lowest BCUT2D eigenvalue weighted by molar-refractivity contribution is 0.0947. The molecular formula is C15H18ClN3O3. The third kappa shape index (κ3) is 3.58. The smallest absolute Gasteiger partial charge is 0.392 e. The predicted molar refractivity (Wildman–Crippen MR) is 82.0 cm³/mol. The lowest BCUT2D eigenvalue weighted by atomic mass is 9.96. The molecule has 1 fully saturated rings. The number of halogens is 1. The van der Waals surface area contributed by atoms with E-state index in [1.54, 1.807) is 12.1 Å². The molecule has 3 rings (SSSR count). The first-order valence-corrected chi connectivity index (χ1v) is 7.71. The maximum Gasteiger partial charge on any atom is 0.434 e. The highest BCUT2D eigenvalue weighted by Crippen LogP contribution is 2.27. The second-order valence-corrected chi connectivity index (χ2v) is 6.03. The Morgan fingerprint density at radius 3 is 2.64 bits per heavy atom. The van der Waals surface area contributed by atoms with Gasteiger partial charge in [0.2, 0.25) is 5.89 Å². The van der Waals surface area contributed by atoms with Crippen LogP contribution in [-0.2, 0) is 0 Å². The van der Waals surface area contributed by atoms with E-state index in [1.165, 1.54) is 0 Å². The van der Waals surface area contributed by atoms with Crippen LogP contribution in [0.15, 0.2) is 33.5 Å². The zero-order chi connectivity index (χ0) is 15.5. The summed E-state index contributed by atoms with van der Waals surface area (Å²) in [4.78, 5) is 13.2. The van der Waals surface area contributed by atoms with Crippen molar-refractivity contribution in [1.29, 1.82) is 0 Å². The van der Waals surface area contributed by atoms with Gasteiger partial charge in [-0.3, -0.25) is 0 Å². The van der Waals surface area contributed by atoms with Crippen molar-refractivity contribution in [3.8, 4) is 0 Å². The van der Waals surface area contributed by atoms with E-state index in [2.05, 4.69) is 15.1 Å². The summed E-state index contributed by atoms with van der Waals surface area (Å²) in [5.74, 6) is 0.154. The van der Waals surface area contributed by atoms with Crippen LogP contribution in [0.1, 0.15) is 36.3 Å². The Bertz CT molecular complexity index is 659. The molecule has 2 aromatic rings. The monoisotopic (exact) mass is 323 g/mol. The van der Waals surface area contributed by atoms with E-state index < -0.39 is 11.9 Å². The largest absolute Gasteiger partial charge is 0.434 e. The Morgan fingerprint density at radius 2 is 2.05 bits per heavy atom. The standard InChI is InChI=1S/C15H18ClN3O3/c16-12-3-1-10(2-4-12)13(20)9-19-7-5-11(6-8-19)14-17-18-15(21)22-14/h1-4,11,13,20H,5-9H2,(H,18,21)/t13-/m1/s1. The SMILES string of the molecule is O=c1[nH]nc(C2CCN(C[C@@H](O)c3ccc(Cl)cc3)CC2)o1. The van der Waals surface area contributed by atoms with E-state index >= 15 is 0 Å². The number of likely N-dealkylation sites (tertiary alicyclic amines) is 1. The minimum atomic E-state index is -0.530. The van der Waals surface area contributed by atoms with Gasteiger partial charge in [-0.15, -0.1) is 5.10 Å². The Hall–Kier alpha value is -1.63. The number of benzene rings is 1. The number of aromatic nitrogens is 2. The molecule has 0 bridgehead atoms. The molecule has 6 nitrogen and oxygen atoms in total. The van der Waals surface area contributed by atoms with Crippen LogP contribution >= 0.6 is 11.6 Å². The maximum atomic E-state index is 11.0. The van der Waals surface area contributed by atoms with Crippen molar-refractivity contribution < 1.29 is 9.52 Å². The van der Waals surface area contributed by atoms with E-state index in [1.807, 2.05) is 12.1 Å². The Morgan fingerprint density at radius 1 is 1.36 bits per heavy atom. The van der Waals surface area contributed by atoms with Gasteiger partial charge in [-0.05, 0) is 43.6 Å². The van der Waals surface area contributed by atoms with Crippen molar-refractivity contribution in [2.24, 2.45) is 0 Å². The number of nitrogens with zero attached hydrogens (tertiary/aromatic N) is 2. The number of rotatable bonds is 4.